The van der Waals surface area contributed by atoms with Crippen LogP contribution in [0.15, 0.2) is 218 Å². The average Bonchev–Trinajstić information content (AvgIpc) is 3.41. The number of benzene rings is 8. The Labute approximate surface area is 409 Å². The summed E-state index contributed by atoms with van der Waals surface area (Å²) in [5.74, 6) is 2.93. The van der Waals surface area contributed by atoms with Crippen LogP contribution in [0.1, 0.15) is 55.4 Å². The lowest BCUT2D eigenvalue weighted by atomic mass is 9.98. The number of carbonyl (C=O) groups is 3. The summed E-state index contributed by atoms with van der Waals surface area (Å²) in [7, 11) is 2.35. The number of hydrogen-bond donors (Lipinski definition) is 3. The Kier molecular flexibility index (Phi) is 22.1. The first-order valence-electron chi connectivity index (χ1n) is 22.0. The smallest absolute Gasteiger partial charge is 0.384 e. The molecular formula is C62H56O8. The van der Waals surface area contributed by atoms with Crippen molar-refractivity contribution < 1.29 is 39.2 Å². The van der Waals surface area contributed by atoms with E-state index < -0.39 is 18.0 Å². The number of rotatable bonds is 6. The fourth-order valence-electron chi connectivity index (χ4n) is 6.49. The van der Waals surface area contributed by atoms with E-state index in [9.17, 15) is 29.7 Å². The molecule has 352 valence electrons. The van der Waals surface area contributed by atoms with Crippen LogP contribution < -0.4 is 20.9 Å². The molecule has 0 heterocycles. The number of carbonyl (C=O) groups excluding carboxylic acids is 3. The van der Waals surface area contributed by atoms with Gasteiger partial charge in [-0.3, -0.25) is 4.79 Å². The van der Waals surface area contributed by atoms with Crippen LogP contribution in [0.5, 0.6) is 0 Å². The molecule has 0 aliphatic heterocycles. The van der Waals surface area contributed by atoms with Gasteiger partial charge in [0.05, 0.1) is 14.2 Å². The van der Waals surface area contributed by atoms with Crippen molar-refractivity contribution in [2.75, 3.05) is 14.2 Å². The number of aryl methyl sites for hydroxylation is 2. The molecule has 8 heteroatoms. The quantitative estimate of drug-likeness (QED) is 0.0652. The molecule has 0 spiro atoms. The molecular weight excluding hydrogens is 873 g/mol. The summed E-state index contributed by atoms with van der Waals surface area (Å²) in [5.41, 5.74) is 7.20. The van der Waals surface area contributed by atoms with E-state index >= 15 is 0 Å². The van der Waals surface area contributed by atoms with Gasteiger partial charge in [-0.25, -0.2) is 9.59 Å². The van der Waals surface area contributed by atoms with Crippen molar-refractivity contribution in [1.82, 2.24) is 0 Å². The Morgan fingerprint density at radius 2 is 0.786 bits per heavy atom. The minimum atomic E-state index is -0.759. The Morgan fingerprint density at radius 3 is 1.19 bits per heavy atom. The topological polar surface area (TPSA) is 130 Å². The molecule has 0 saturated carbocycles. The van der Waals surface area contributed by atoms with E-state index in [1.807, 2.05) is 244 Å². The maximum atomic E-state index is 12.1. The zero-order valence-corrected chi connectivity index (χ0v) is 39.7. The lowest BCUT2D eigenvalue weighted by Gasteiger charge is -2.13. The number of ether oxygens (including phenoxy) is 2. The SMILES string of the molecule is C=c1cccc/c1=C(/O)c1ccccc1.C=c1cccc/c1=C(\O)c1ccccc1.COC(=O)C#CC(=O)OC.Cc1ccccc1C(=O)c1ccccc1.Cc1ccccc1C(O)c1ccccc1. The first-order valence-corrected chi connectivity index (χ1v) is 22.0. The van der Waals surface area contributed by atoms with Crippen molar-refractivity contribution in [3.8, 4) is 11.8 Å². The number of aliphatic hydroxyl groups excluding tert-OH is 3. The second kappa shape index (κ2) is 28.9. The highest BCUT2D eigenvalue weighted by Crippen LogP contribution is 2.24. The number of ketones is 1. The van der Waals surface area contributed by atoms with E-state index in [0.29, 0.717) is 0 Å². The first kappa shape index (κ1) is 53.6. The van der Waals surface area contributed by atoms with Gasteiger partial charge in [0.2, 0.25) is 0 Å². The molecule has 8 rings (SSSR count). The van der Waals surface area contributed by atoms with Crippen LogP contribution in [0.25, 0.3) is 24.7 Å². The maximum absolute atomic E-state index is 12.1. The monoisotopic (exact) mass is 928 g/mol. The van der Waals surface area contributed by atoms with Crippen molar-refractivity contribution in [1.29, 1.82) is 0 Å². The van der Waals surface area contributed by atoms with Gasteiger partial charge in [0.1, 0.15) is 17.6 Å². The predicted octanol–water partition coefficient (Wildman–Crippen LogP) is 9.26. The average molecular weight is 929 g/mol. The van der Waals surface area contributed by atoms with Gasteiger partial charge in [-0.15, -0.1) is 0 Å². The van der Waals surface area contributed by atoms with Gasteiger partial charge in [-0.05, 0) is 46.5 Å². The Balaban J connectivity index is 0.000000192. The molecule has 70 heavy (non-hydrogen) atoms. The largest absolute Gasteiger partial charge is 0.507 e. The first-order chi connectivity index (χ1) is 33.9. The summed E-state index contributed by atoms with van der Waals surface area (Å²) < 4.78 is 8.25. The highest BCUT2D eigenvalue weighted by atomic mass is 16.5. The third kappa shape index (κ3) is 17.0. The Bertz CT molecular complexity index is 3090. The minimum absolute atomic E-state index is 0.0914. The lowest BCUT2D eigenvalue weighted by Crippen LogP contribution is -2.25. The van der Waals surface area contributed by atoms with Crippen molar-refractivity contribution in [2.45, 2.75) is 20.0 Å². The van der Waals surface area contributed by atoms with Crippen LogP contribution in [0.2, 0.25) is 0 Å². The summed E-state index contributed by atoms with van der Waals surface area (Å²) in [6.07, 6.45) is -0.521. The highest BCUT2D eigenvalue weighted by Gasteiger charge is 2.12. The van der Waals surface area contributed by atoms with E-state index in [0.717, 1.165) is 65.4 Å². The van der Waals surface area contributed by atoms with E-state index in [1.165, 1.54) is 14.2 Å². The van der Waals surface area contributed by atoms with Gasteiger partial charge in [-0.2, -0.15) is 0 Å². The zero-order chi connectivity index (χ0) is 50.7. The van der Waals surface area contributed by atoms with Crippen LogP contribution in [0.4, 0.5) is 0 Å². The van der Waals surface area contributed by atoms with Crippen LogP contribution >= 0.6 is 0 Å². The van der Waals surface area contributed by atoms with Gasteiger partial charge >= 0.3 is 11.9 Å². The van der Waals surface area contributed by atoms with Crippen molar-refractivity contribution in [3.05, 3.63) is 284 Å². The van der Waals surface area contributed by atoms with Crippen LogP contribution in [-0.2, 0) is 19.1 Å². The minimum Gasteiger partial charge on any atom is -0.507 e. The van der Waals surface area contributed by atoms with Crippen molar-refractivity contribution in [2.24, 2.45) is 0 Å². The second-order valence-electron chi connectivity index (χ2n) is 15.2. The molecule has 3 N–H and O–H groups in total. The zero-order valence-electron chi connectivity index (χ0n) is 39.7. The molecule has 0 aliphatic rings. The standard InChI is InChI=1S/C14H14O.3C14H12O.C6H6O4/c4*1-11-7-5-6-10-13(11)14(15)12-8-3-2-4-9-12;1-9-5(7)3-4-6(8)10-2/h2-10,14-15H,1H3;2-10H,1H3;2*2-10,15H,1H2;1-2H3/b;;14-13+;14-13-;. The highest BCUT2D eigenvalue weighted by molar-refractivity contribution is 6.09. The van der Waals surface area contributed by atoms with E-state index in [-0.39, 0.29) is 17.3 Å². The summed E-state index contributed by atoms with van der Waals surface area (Å²) in [6.45, 7) is 11.7. The Morgan fingerprint density at radius 1 is 0.443 bits per heavy atom. The molecule has 1 unspecified atom stereocenters. The van der Waals surface area contributed by atoms with Gasteiger partial charge in [-0.1, -0.05) is 232 Å². The molecule has 0 fully saturated rings. The number of esters is 2. The third-order valence-electron chi connectivity index (χ3n) is 10.3. The molecule has 8 aromatic carbocycles. The van der Waals surface area contributed by atoms with Gasteiger partial charge in [0.15, 0.2) is 5.78 Å². The molecule has 0 bridgehead atoms. The molecule has 0 aliphatic carbocycles. The van der Waals surface area contributed by atoms with Gasteiger partial charge in [0, 0.05) is 44.5 Å². The number of methoxy groups -OCH3 is 2. The molecule has 0 amide bonds. The molecule has 0 radical (unpaired) electrons. The lowest BCUT2D eigenvalue weighted by molar-refractivity contribution is -0.135. The maximum Gasteiger partial charge on any atom is 0.384 e. The van der Waals surface area contributed by atoms with Crippen LogP contribution in [-0.4, -0.2) is 47.3 Å². The van der Waals surface area contributed by atoms with Crippen LogP contribution in [0, 0.1) is 25.7 Å². The van der Waals surface area contributed by atoms with E-state index in [1.54, 1.807) is 0 Å². The van der Waals surface area contributed by atoms with Gasteiger partial charge in [0.25, 0.3) is 0 Å². The molecule has 8 nitrogen and oxygen atoms in total. The molecule has 8 aromatic rings. The predicted molar refractivity (Wildman–Crippen MR) is 280 cm³/mol. The summed E-state index contributed by atoms with van der Waals surface area (Å²) in [5, 5.41) is 33.5. The molecule has 0 aromatic heterocycles. The van der Waals surface area contributed by atoms with Crippen molar-refractivity contribution >= 4 is 42.4 Å². The fraction of sp³-hybridized carbons (Fsp3) is 0.0806. The Hall–Kier alpha value is -9.03. The second-order valence-corrected chi connectivity index (χ2v) is 15.2. The number of aliphatic hydroxyl groups is 3. The van der Waals surface area contributed by atoms with E-state index in [4.69, 9.17) is 0 Å². The molecule has 1 atom stereocenters. The third-order valence-corrected chi connectivity index (χ3v) is 10.3. The summed E-state index contributed by atoms with van der Waals surface area (Å²) >= 11 is 0. The van der Waals surface area contributed by atoms with E-state index in [2.05, 4.69) is 22.6 Å². The fourth-order valence-corrected chi connectivity index (χ4v) is 6.49. The normalized spacial score (nSPS) is 11.0. The summed E-state index contributed by atoms with van der Waals surface area (Å²) in [4.78, 5) is 32.5. The van der Waals surface area contributed by atoms with Crippen molar-refractivity contribution in [3.63, 3.8) is 0 Å². The van der Waals surface area contributed by atoms with Gasteiger partial charge < -0.3 is 24.8 Å². The van der Waals surface area contributed by atoms with Crippen LogP contribution in [0.3, 0.4) is 0 Å². The summed E-state index contributed by atoms with van der Waals surface area (Å²) in [6, 6.07) is 68.7. The molecule has 0 saturated heterocycles. The number of hydrogen-bond acceptors (Lipinski definition) is 8.